The topological polar surface area (TPSA) is 47.3 Å². The molecular weight excluding hydrogens is 248 g/mol. The van der Waals surface area contributed by atoms with Crippen LogP contribution in [0, 0.1) is 5.92 Å². The Morgan fingerprint density at radius 3 is 2.40 bits per heavy atom. The van der Waals surface area contributed by atoms with E-state index < -0.39 is 0 Å². The lowest BCUT2D eigenvalue weighted by molar-refractivity contribution is -0.0290. The minimum atomic E-state index is 0.370. The molecule has 0 spiro atoms. The van der Waals surface area contributed by atoms with Gasteiger partial charge in [0.2, 0.25) is 0 Å². The molecule has 2 rings (SSSR count). The zero-order valence-corrected chi connectivity index (χ0v) is 12.8. The number of benzene rings is 1. The molecule has 1 aliphatic rings. The number of hydrogen-bond acceptors (Lipinski definition) is 3. The van der Waals surface area contributed by atoms with Gasteiger partial charge in [-0.3, -0.25) is 11.3 Å². The second kappa shape index (κ2) is 7.77. The van der Waals surface area contributed by atoms with Crippen LogP contribution in [0.5, 0.6) is 0 Å². The van der Waals surface area contributed by atoms with Crippen LogP contribution >= 0.6 is 0 Å². The van der Waals surface area contributed by atoms with Gasteiger partial charge >= 0.3 is 0 Å². The summed E-state index contributed by atoms with van der Waals surface area (Å²) in [6.07, 6.45) is 6.14. The van der Waals surface area contributed by atoms with Gasteiger partial charge in [0.25, 0.3) is 0 Å². The van der Waals surface area contributed by atoms with Gasteiger partial charge in [0.15, 0.2) is 0 Å². The van der Waals surface area contributed by atoms with Gasteiger partial charge in [0.05, 0.1) is 6.10 Å². The van der Waals surface area contributed by atoms with Crippen LogP contribution in [0.2, 0.25) is 0 Å². The summed E-state index contributed by atoms with van der Waals surface area (Å²) in [5.74, 6) is 6.48. The number of nitrogens with one attached hydrogen (secondary N) is 1. The summed E-state index contributed by atoms with van der Waals surface area (Å²) in [4.78, 5) is 0. The molecule has 0 amide bonds. The number of hydrogen-bond donors (Lipinski definition) is 2. The van der Waals surface area contributed by atoms with Crippen LogP contribution in [-0.4, -0.2) is 18.8 Å². The van der Waals surface area contributed by atoms with Gasteiger partial charge in [-0.2, -0.15) is 0 Å². The normalized spacial score (nSPS) is 23.4. The minimum Gasteiger partial charge on any atom is -0.378 e. The zero-order chi connectivity index (χ0) is 14.4. The molecule has 112 valence electrons. The van der Waals surface area contributed by atoms with E-state index in [0.717, 1.165) is 31.8 Å². The minimum absolute atomic E-state index is 0.370. The fourth-order valence-corrected chi connectivity index (χ4v) is 3.05. The molecule has 3 nitrogen and oxygen atoms in total. The summed E-state index contributed by atoms with van der Waals surface area (Å²) in [5.41, 5.74) is 5.74. The van der Waals surface area contributed by atoms with E-state index in [2.05, 4.69) is 43.5 Å². The van der Waals surface area contributed by atoms with Crippen LogP contribution in [0.1, 0.15) is 44.2 Å². The third-order valence-corrected chi connectivity index (χ3v) is 4.36. The Kier molecular flexibility index (Phi) is 6.02. The average molecular weight is 276 g/mol. The number of rotatable bonds is 8. The molecule has 1 fully saturated rings. The Labute approximate surface area is 122 Å². The van der Waals surface area contributed by atoms with Gasteiger partial charge in [-0.25, -0.2) is 0 Å². The molecule has 0 radical (unpaired) electrons. The van der Waals surface area contributed by atoms with Crippen molar-refractivity contribution >= 4 is 0 Å². The Balaban J connectivity index is 1.77. The van der Waals surface area contributed by atoms with Crippen molar-refractivity contribution in [2.24, 2.45) is 11.8 Å². The summed E-state index contributed by atoms with van der Waals surface area (Å²) in [7, 11) is 0. The monoisotopic (exact) mass is 276 g/mol. The molecule has 0 aliphatic heterocycles. The molecule has 1 aromatic carbocycles. The van der Waals surface area contributed by atoms with Crippen LogP contribution in [0.15, 0.2) is 24.3 Å². The molecular formula is C17H28N2O. The van der Waals surface area contributed by atoms with Crippen LogP contribution in [0.3, 0.4) is 0 Å². The molecule has 0 bridgehead atoms. The largest absolute Gasteiger partial charge is 0.378 e. The summed E-state index contributed by atoms with van der Waals surface area (Å²) in [6, 6.07) is 9.27. The second-order valence-electron chi connectivity index (χ2n) is 5.89. The first kappa shape index (κ1) is 15.5. The smallest absolute Gasteiger partial charge is 0.0580 e. The van der Waals surface area contributed by atoms with Crippen molar-refractivity contribution in [1.82, 2.24) is 5.43 Å². The third-order valence-electron chi connectivity index (χ3n) is 4.36. The molecule has 3 heteroatoms. The van der Waals surface area contributed by atoms with Gasteiger partial charge in [-0.15, -0.1) is 0 Å². The van der Waals surface area contributed by atoms with E-state index >= 15 is 0 Å². The van der Waals surface area contributed by atoms with Crippen molar-refractivity contribution in [2.45, 2.75) is 58.1 Å². The predicted molar refractivity (Wildman–Crippen MR) is 83.4 cm³/mol. The Morgan fingerprint density at radius 1 is 1.20 bits per heavy atom. The number of aryl methyl sites for hydroxylation is 1. The van der Waals surface area contributed by atoms with Crippen molar-refractivity contribution in [3.8, 4) is 0 Å². The molecule has 0 aromatic heterocycles. The lowest BCUT2D eigenvalue weighted by Crippen LogP contribution is -2.42. The van der Waals surface area contributed by atoms with Crippen molar-refractivity contribution in [3.05, 3.63) is 35.4 Å². The van der Waals surface area contributed by atoms with Gasteiger partial charge in [0.1, 0.15) is 0 Å². The highest BCUT2D eigenvalue weighted by molar-refractivity contribution is 5.23. The van der Waals surface area contributed by atoms with E-state index in [4.69, 9.17) is 10.6 Å². The van der Waals surface area contributed by atoms with E-state index in [1.54, 1.807) is 0 Å². The quantitative estimate of drug-likeness (QED) is 0.567. The Hall–Kier alpha value is -0.900. The SMILES string of the molecule is CCOC1CC(CC(Cc2ccc(CC)cc2)NN)C1. The Bertz CT molecular complexity index is 384. The number of ether oxygens (including phenoxy) is 1. The lowest BCUT2D eigenvalue weighted by atomic mass is 9.77. The summed E-state index contributed by atoms with van der Waals surface area (Å²) in [5, 5.41) is 0. The molecule has 1 saturated carbocycles. The summed E-state index contributed by atoms with van der Waals surface area (Å²) < 4.78 is 5.62. The Morgan fingerprint density at radius 2 is 1.85 bits per heavy atom. The summed E-state index contributed by atoms with van der Waals surface area (Å²) in [6.45, 7) is 5.09. The highest BCUT2D eigenvalue weighted by Gasteiger charge is 2.31. The lowest BCUT2D eigenvalue weighted by Gasteiger charge is -2.37. The third kappa shape index (κ3) is 4.30. The molecule has 0 saturated heterocycles. The molecule has 1 unspecified atom stereocenters. The van der Waals surface area contributed by atoms with Gasteiger partial charge in [-0.05, 0) is 56.1 Å². The van der Waals surface area contributed by atoms with Gasteiger partial charge < -0.3 is 4.74 Å². The first-order valence-corrected chi connectivity index (χ1v) is 7.90. The predicted octanol–water partition coefficient (Wildman–Crippen LogP) is 2.83. The van der Waals surface area contributed by atoms with E-state index in [1.807, 2.05) is 0 Å². The molecule has 20 heavy (non-hydrogen) atoms. The second-order valence-corrected chi connectivity index (χ2v) is 5.89. The summed E-state index contributed by atoms with van der Waals surface area (Å²) >= 11 is 0. The zero-order valence-electron chi connectivity index (χ0n) is 12.8. The molecule has 1 aromatic rings. The maximum atomic E-state index is 5.72. The highest BCUT2D eigenvalue weighted by atomic mass is 16.5. The maximum absolute atomic E-state index is 5.72. The van der Waals surface area contributed by atoms with E-state index in [-0.39, 0.29) is 0 Å². The number of hydrazine groups is 1. The molecule has 0 heterocycles. The van der Waals surface area contributed by atoms with E-state index in [9.17, 15) is 0 Å². The molecule has 3 N–H and O–H groups in total. The molecule has 1 aliphatic carbocycles. The fraction of sp³-hybridized carbons (Fsp3) is 0.647. The van der Waals surface area contributed by atoms with E-state index in [0.29, 0.717) is 12.1 Å². The maximum Gasteiger partial charge on any atom is 0.0580 e. The van der Waals surface area contributed by atoms with Crippen LogP contribution in [0.4, 0.5) is 0 Å². The van der Waals surface area contributed by atoms with Gasteiger partial charge in [0, 0.05) is 12.6 Å². The van der Waals surface area contributed by atoms with E-state index in [1.165, 1.54) is 24.0 Å². The fourth-order valence-electron chi connectivity index (χ4n) is 3.05. The molecule has 1 atom stereocenters. The van der Waals surface area contributed by atoms with Crippen molar-refractivity contribution < 1.29 is 4.74 Å². The first-order valence-electron chi connectivity index (χ1n) is 7.90. The van der Waals surface area contributed by atoms with Crippen molar-refractivity contribution in [1.29, 1.82) is 0 Å². The standard InChI is InChI=1S/C17H28N2O/c1-3-13-5-7-14(8-6-13)9-16(19-18)10-15-11-17(12-15)20-4-2/h5-8,15-17,19H,3-4,9-12,18H2,1-2H3. The van der Waals surface area contributed by atoms with Crippen molar-refractivity contribution in [3.63, 3.8) is 0 Å². The number of nitrogens with two attached hydrogens (primary N) is 1. The average Bonchev–Trinajstić information content (AvgIpc) is 2.44. The van der Waals surface area contributed by atoms with Crippen LogP contribution < -0.4 is 11.3 Å². The van der Waals surface area contributed by atoms with Crippen LogP contribution in [-0.2, 0) is 17.6 Å². The van der Waals surface area contributed by atoms with Crippen molar-refractivity contribution in [2.75, 3.05) is 6.61 Å². The van der Waals surface area contributed by atoms with Crippen LogP contribution in [0.25, 0.3) is 0 Å². The first-order chi connectivity index (χ1) is 9.75. The highest BCUT2D eigenvalue weighted by Crippen LogP contribution is 2.33. The van der Waals surface area contributed by atoms with Gasteiger partial charge in [-0.1, -0.05) is 31.2 Å².